The summed E-state index contributed by atoms with van der Waals surface area (Å²) in [5.74, 6) is -0.0761. The molecule has 1 aromatic rings. The van der Waals surface area contributed by atoms with E-state index in [1.807, 2.05) is 0 Å². The van der Waals surface area contributed by atoms with Crippen molar-refractivity contribution in [2.45, 2.75) is 24.6 Å². The van der Waals surface area contributed by atoms with Crippen molar-refractivity contribution in [1.29, 1.82) is 0 Å². The lowest BCUT2D eigenvalue weighted by Crippen LogP contribution is -2.54. The molecule has 130 valence electrons. The maximum absolute atomic E-state index is 12.3. The van der Waals surface area contributed by atoms with Crippen LogP contribution in [0.25, 0.3) is 0 Å². The predicted molar refractivity (Wildman–Crippen MR) is 85.6 cm³/mol. The molecule has 1 N–H and O–H groups in total. The number of carbonyl (C=O) groups is 1. The van der Waals surface area contributed by atoms with Gasteiger partial charge in [0, 0.05) is 32.2 Å². The highest BCUT2D eigenvalue weighted by Crippen LogP contribution is 2.15. The second kappa shape index (κ2) is 7.61. The largest absolute Gasteiger partial charge is 0.364 e. The van der Waals surface area contributed by atoms with Crippen LogP contribution in [-0.2, 0) is 20.6 Å². The Labute approximate surface area is 141 Å². The highest BCUT2D eigenvalue weighted by Gasteiger charge is 2.32. The van der Waals surface area contributed by atoms with Crippen LogP contribution in [-0.4, -0.2) is 67.5 Å². The SMILES string of the molecule is Cl.O=C(C1CCCN1)N1CCN(S(=O)(=O)Cc2ccon2)CC1. The van der Waals surface area contributed by atoms with Gasteiger partial charge in [-0.3, -0.25) is 4.79 Å². The number of hydrogen-bond donors (Lipinski definition) is 1. The number of amides is 1. The van der Waals surface area contributed by atoms with E-state index in [2.05, 4.69) is 15.0 Å². The van der Waals surface area contributed by atoms with Crippen LogP contribution >= 0.6 is 12.4 Å². The average Bonchev–Trinajstić information content (AvgIpc) is 3.19. The van der Waals surface area contributed by atoms with Gasteiger partial charge in [0.1, 0.15) is 12.0 Å². The van der Waals surface area contributed by atoms with Gasteiger partial charge in [0.25, 0.3) is 0 Å². The molecule has 2 aliphatic heterocycles. The number of carbonyl (C=O) groups excluding carboxylic acids is 1. The topological polar surface area (TPSA) is 95.8 Å². The van der Waals surface area contributed by atoms with Crippen LogP contribution in [0.4, 0.5) is 0 Å². The Morgan fingerprint density at radius 1 is 1.35 bits per heavy atom. The van der Waals surface area contributed by atoms with Crippen molar-refractivity contribution in [3.05, 3.63) is 18.0 Å². The number of nitrogens with zero attached hydrogens (tertiary/aromatic N) is 3. The molecular weight excluding hydrogens is 344 g/mol. The number of sulfonamides is 1. The molecule has 1 atom stereocenters. The normalized spacial score (nSPS) is 22.8. The summed E-state index contributed by atoms with van der Waals surface area (Å²) in [7, 11) is -3.42. The molecule has 0 spiro atoms. The molecule has 2 fully saturated rings. The van der Waals surface area contributed by atoms with Crippen molar-refractivity contribution < 1.29 is 17.7 Å². The van der Waals surface area contributed by atoms with E-state index in [0.717, 1.165) is 19.4 Å². The third-order valence-electron chi connectivity index (χ3n) is 4.12. The van der Waals surface area contributed by atoms with E-state index in [0.29, 0.717) is 31.9 Å². The minimum absolute atomic E-state index is 0. The Kier molecular flexibility index (Phi) is 6.01. The van der Waals surface area contributed by atoms with Crippen LogP contribution in [0, 0.1) is 0 Å². The first-order chi connectivity index (χ1) is 10.6. The van der Waals surface area contributed by atoms with E-state index < -0.39 is 10.0 Å². The highest BCUT2D eigenvalue weighted by molar-refractivity contribution is 7.88. The molecule has 1 amide bonds. The lowest BCUT2D eigenvalue weighted by molar-refractivity contribution is -0.134. The van der Waals surface area contributed by atoms with Crippen LogP contribution in [0.3, 0.4) is 0 Å². The van der Waals surface area contributed by atoms with Gasteiger partial charge in [-0.05, 0) is 19.4 Å². The van der Waals surface area contributed by atoms with Gasteiger partial charge in [0.2, 0.25) is 15.9 Å². The summed E-state index contributed by atoms with van der Waals surface area (Å²) < 4.78 is 30.7. The fourth-order valence-corrected chi connectivity index (χ4v) is 4.32. The van der Waals surface area contributed by atoms with Crippen molar-refractivity contribution >= 4 is 28.3 Å². The summed E-state index contributed by atoms with van der Waals surface area (Å²) in [6.07, 6.45) is 3.24. The van der Waals surface area contributed by atoms with Crippen LogP contribution in [0.2, 0.25) is 0 Å². The predicted octanol–water partition coefficient (Wildman–Crippen LogP) is -0.178. The number of piperazine rings is 1. The first-order valence-electron chi connectivity index (χ1n) is 7.45. The fraction of sp³-hybridized carbons (Fsp3) is 0.692. The van der Waals surface area contributed by atoms with Crippen LogP contribution < -0.4 is 5.32 Å². The molecule has 0 aliphatic carbocycles. The van der Waals surface area contributed by atoms with Crippen molar-refractivity contribution in [3.63, 3.8) is 0 Å². The van der Waals surface area contributed by atoms with Gasteiger partial charge in [-0.15, -0.1) is 12.4 Å². The summed E-state index contributed by atoms with van der Waals surface area (Å²) >= 11 is 0. The summed E-state index contributed by atoms with van der Waals surface area (Å²) in [6, 6.07) is 1.45. The summed E-state index contributed by atoms with van der Waals surface area (Å²) in [5, 5.41) is 6.82. The summed E-state index contributed by atoms with van der Waals surface area (Å²) in [5.41, 5.74) is 0.397. The van der Waals surface area contributed by atoms with Gasteiger partial charge >= 0.3 is 0 Å². The zero-order chi connectivity index (χ0) is 15.6. The molecule has 0 bridgehead atoms. The Balaban J connectivity index is 0.00000192. The number of rotatable bonds is 4. The molecule has 2 aliphatic rings. The zero-order valence-corrected chi connectivity index (χ0v) is 14.3. The first kappa shape index (κ1) is 18.2. The molecule has 23 heavy (non-hydrogen) atoms. The zero-order valence-electron chi connectivity index (χ0n) is 12.7. The van der Waals surface area contributed by atoms with Crippen molar-refractivity contribution in [2.24, 2.45) is 0 Å². The smallest absolute Gasteiger partial charge is 0.239 e. The van der Waals surface area contributed by atoms with Gasteiger partial charge in [-0.2, -0.15) is 4.31 Å². The number of hydrogen-bond acceptors (Lipinski definition) is 6. The van der Waals surface area contributed by atoms with Crippen LogP contribution in [0.5, 0.6) is 0 Å². The average molecular weight is 365 g/mol. The minimum atomic E-state index is -3.42. The molecular formula is C13H21ClN4O4S. The maximum Gasteiger partial charge on any atom is 0.239 e. The Morgan fingerprint density at radius 2 is 2.09 bits per heavy atom. The second-order valence-corrected chi connectivity index (χ2v) is 7.59. The third kappa shape index (κ3) is 4.23. The maximum atomic E-state index is 12.3. The van der Waals surface area contributed by atoms with E-state index >= 15 is 0 Å². The summed E-state index contributed by atoms with van der Waals surface area (Å²) in [4.78, 5) is 14.0. The van der Waals surface area contributed by atoms with Gasteiger partial charge in [-0.25, -0.2) is 8.42 Å². The molecule has 8 nitrogen and oxygen atoms in total. The molecule has 0 saturated carbocycles. The van der Waals surface area contributed by atoms with Gasteiger partial charge in [-0.1, -0.05) is 5.16 Å². The van der Waals surface area contributed by atoms with E-state index in [1.54, 1.807) is 11.0 Å². The second-order valence-electron chi connectivity index (χ2n) is 5.62. The van der Waals surface area contributed by atoms with Gasteiger partial charge in [0.15, 0.2) is 0 Å². The lowest BCUT2D eigenvalue weighted by Gasteiger charge is -2.35. The molecule has 0 radical (unpaired) electrons. The highest BCUT2D eigenvalue weighted by atomic mass is 35.5. The molecule has 2 saturated heterocycles. The molecule has 3 heterocycles. The third-order valence-corrected chi connectivity index (χ3v) is 5.94. The van der Waals surface area contributed by atoms with Crippen LogP contribution in [0.15, 0.2) is 16.9 Å². The van der Waals surface area contributed by atoms with E-state index in [9.17, 15) is 13.2 Å². The quantitative estimate of drug-likeness (QED) is 0.796. The number of nitrogens with one attached hydrogen (secondary N) is 1. The molecule has 3 rings (SSSR count). The molecule has 1 unspecified atom stereocenters. The minimum Gasteiger partial charge on any atom is -0.364 e. The molecule has 0 aromatic carbocycles. The number of aromatic nitrogens is 1. The van der Waals surface area contributed by atoms with Gasteiger partial charge < -0.3 is 14.7 Å². The Morgan fingerprint density at radius 3 is 2.65 bits per heavy atom. The standard InChI is InChI=1S/C13H20N4O4S.ClH/c18-13(12-2-1-4-14-12)16-5-7-17(8-6-16)22(19,20)10-11-3-9-21-15-11;/h3,9,12,14H,1-2,4-8,10H2;1H. The monoisotopic (exact) mass is 364 g/mol. The lowest BCUT2D eigenvalue weighted by atomic mass is 10.2. The summed E-state index contributed by atoms with van der Waals surface area (Å²) in [6.45, 7) is 2.42. The Hall–Kier alpha value is -1.16. The van der Waals surface area contributed by atoms with Gasteiger partial charge in [0.05, 0.1) is 11.7 Å². The van der Waals surface area contributed by atoms with E-state index in [1.165, 1.54) is 10.6 Å². The van der Waals surface area contributed by atoms with Crippen molar-refractivity contribution in [1.82, 2.24) is 19.7 Å². The molecule has 10 heteroatoms. The van der Waals surface area contributed by atoms with E-state index in [-0.39, 0.29) is 30.1 Å². The Bertz CT molecular complexity index is 608. The van der Waals surface area contributed by atoms with Crippen molar-refractivity contribution in [2.75, 3.05) is 32.7 Å². The number of halogens is 1. The first-order valence-corrected chi connectivity index (χ1v) is 9.06. The molecule has 1 aromatic heterocycles. The fourth-order valence-electron chi connectivity index (χ4n) is 2.89. The van der Waals surface area contributed by atoms with Crippen molar-refractivity contribution in [3.8, 4) is 0 Å². The van der Waals surface area contributed by atoms with Crippen LogP contribution in [0.1, 0.15) is 18.5 Å². The van der Waals surface area contributed by atoms with E-state index in [4.69, 9.17) is 0 Å².